The van der Waals surface area contributed by atoms with Gasteiger partial charge in [-0.15, -0.1) is 0 Å². The lowest BCUT2D eigenvalue weighted by molar-refractivity contribution is 0.0599. The lowest BCUT2D eigenvalue weighted by Gasteiger charge is -2.17. The molecular weight excluding hydrogens is 288 g/mol. The number of nitrogens with one attached hydrogen (secondary N) is 1. The lowest BCUT2D eigenvalue weighted by Crippen LogP contribution is -2.11. The molecule has 2 rings (SSSR count). The monoisotopic (exact) mass is 304 g/mol. The Hall–Kier alpha value is -2.07. The van der Waals surface area contributed by atoms with Gasteiger partial charge in [-0.1, -0.05) is 29.8 Å². The summed E-state index contributed by atoms with van der Waals surface area (Å²) in [6.45, 7) is 3.78. The van der Waals surface area contributed by atoms with Crippen LogP contribution in [-0.2, 0) is 4.74 Å². The van der Waals surface area contributed by atoms with Gasteiger partial charge < -0.3 is 10.1 Å². The third-order valence-corrected chi connectivity index (χ3v) is 3.57. The highest BCUT2D eigenvalue weighted by atomic mass is 35.5. The Balaban J connectivity index is 2.19. The van der Waals surface area contributed by atoms with Gasteiger partial charge in [-0.3, -0.25) is 0 Å². The van der Waals surface area contributed by atoms with Crippen LogP contribution in [0, 0.1) is 6.92 Å². The molecule has 0 fully saturated rings. The smallest absolute Gasteiger partial charge is 0.339 e. The van der Waals surface area contributed by atoms with E-state index in [2.05, 4.69) is 10.3 Å². The van der Waals surface area contributed by atoms with Crippen molar-refractivity contribution in [1.29, 1.82) is 0 Å². The fourth-order valence-electron chi connectivity index (χ4n) is 2.09. The molecule has 2 aromatic rings. The Kier molecular flexibility index (Phi) is 4.81. The van der Waals surface area contributed by atoms with Crippen LogP contribution in [0.1, 0.15) is 34.6 Å². The molecule has 0 bridgehead atoms. The van der Waals surface area contributed by atoms with E-state index in [0.717, 1.165) is 5.56 Å². The normalized spacial score (nSPS) is 11.8. The molecule has 110 valence electrons. The molecule has 0 saturated heterocycles. The maximum Gasteiger partial charge on any atom is 0.339 e. The number of aromatic nitrogens is 1. The number of benzene rings is 1. The summed E-state index contributed by atoms with van der Waals surface area (Å²) >= 11 is 6.18. The first-order valence-corrected chi connectivity index (χ1v) is 6.97. The first-order chi connectivity index (χ1) is 10.0. The van der Waals surface area contributed by atoms with E-state index in [1.165, 1.54) is 7.11 Å². The van der Waals surface area contributed by atoms with Gasteiger partial charge in [-0.2, -0.15) is 0 Å². The van der Waals surface area contributed by atoms with Crippen molar-refractivity contribution >= 4 is 23.4 Å². The summed E-state index contributed by atoms with van der Waals surface area (Å²) in [5.74, 6) is 0.304. The van der Waals surface area contributed by atoms with Gasteiger partial charge in [0.15, 0.2) is 0 Å². The molecule has 0 aliphatic rings. The highest BCUT2D eigenvalue weighted by Crippen LogP contribution is 2.25. The summed E-state index contributed by atoms with van der Waals surface area (Å²) in [5.41, 5.74) is 2.09. The van der Waals surface area contributed by atoms with Gasteiger partial charge in [0.2, 0.25) is 0 Å². The Morgan fingerprint density at radius 3 is 2.62 bits per heavy atom. The number of halogens is 1. The highest BCUT2D eigenvalue weighted by Gasteiger charge is 2.13. The molecule has 0 radical (unpaired) electrons. The van der Waals surface area contributed by atoms with Crippen molar-refractivity contribution < 1.29 is 9.53 Å². The van der Waals surface area contributed by atoms with Crippen LogP contribution in [0.25, 0.3) is 0 Å². The Labute approximate surface area is 129 Å². The van der Waals surface area contributed by atoms with Gasteiger partial charge in [0.25, 0.3) is 0 Å². The molecule has 1 heterocycles. The van der Waals surface area contributed by atoms with Gasteiger partial charge in [0.1, 0.15) is 5.82 Å². The van der Waals surface area contributed by atoms with E-state index in [1.807, 2.05) is 31.2 Å². The summed E-state index contributed by atoms with van der Waals surface area (Å²) in [5, 5.41) is 3.99. The van der Waals surface area contributed by atoms with E-state index in [0.29, 0.717) is 22.1 Å². The number of carbonyl (C=O) groups is 1. The Morgan fingerprint density at radius 2 is 2.00 bits per heavy atom. The number of anilines is 1. The Bertz CT molecular complexity index is 658. The molecule has 1 atom stereocenters. The summed E-state index contributed by atoms with van der Waals surface area (Å²) in [6.07, 6.45) is 0. The SMILES string of the molecule is COC(=O)c1ccc(NC(C)c2ccccc2Cl)nc1C. The van der Waals surface area contributed by atoms with E-state index in [4.69, 9.17) is 16.3 Å². The van der Waals surface area contributed by atoms with Gasteiger partial charge in [0.05, 0.1) is 24.4 Å². The molecule has 1 N–H and O–H groups in total. The maximum absolute atomic E-state index is 11.5. The quantitative estimate of drug-likeness (QED) is 0.867. The molecule has 0 amide bonds. The van der Waals surface area contributed by atoms with Gasteiger partial charge in [0, 0.05) is 5.02 Å². The zero-order chi connectivity index (χ0) is 15.4. The van der Waals surface area contributed by atoms with Crippen LogP contribution in [0.15, 0.2) is 36.4 Å². The zero-order valence-electron chi connectivity index (χ0n) is 12.2. The summed E-state index contributed by atoms with van der Waals surface area (Å²) < 4.78 is 4.71. The Morgan fingerprint density at radius 1 is 1.29 bits per heavy atom. The van der Waals surface area contributed by atoms with Crippen molar-refractivity contribution in [3.63, 3.8) is 0 Å². The van der Waals surface area contributed by atoms with Crippen molar-refractivity contribution in [1.82, 2.24) is 4.98 Å². The van der Waals surface area contributed by atoms with Crippen LogP contribution in [0.3, 0.4) is 0 Å². The number of hydrogen-bond acceptors (Lipinski definition) is 4. The van der Waals surface area contributed by atoms with Crippen molar-refractivity contribution in [3.8, 4) is 0 Å². The molecular formula is C16H17ClN2O2. The van der Waals surface area contributed by atoms with Crippen molar-refractivity contribution in [2.75, 3.05) is 12.4 Å². The molecule has 1 aromatic heterocycles. The van der Waals surface area contributed by atoms with Crippen LogP contribution in [-0.4, -0.2) is 18.1 Å². The molecule has 0 aliphatic carbocycles. The predicted molar refractivity (Wildman–Crippen MR) is 83.8 cm³/mol. The molecule has 4 nitrogen and oxygen atoms in total. The summed E-state index contributed by atoms with van der Waals surface area (Å²) in [4.78, 5) is 15.9. The van der Waals surface area contributed by atoms with Crippen molar-refractivity contribution in [2.45, 2.75) is 19.9 Å². The number of rotatable bonds is 4. The maximum atomic E-state index is 11.5. The molecule has 5 heteroatoms. The summed E-state index contributed by atoms with van der Waals surface area (Å²) in [6, 6.07) is 11.1. The van der Waals surface area contributed by atoms with E-state index in [9.17, 15) is 4.79 Å². The largest absolute Gasteiger partial charge is 0.465 e. The second kappa shape index (κ2) is 6.59. The second-order valence-electron chi connectivity index (χ2n) is 4.71. The fourth-order valence-corrected chi connectivity index (χ4v) is 2.39. The first kappa shape index (κ1) is 15.3. The van der Waals surface area contributed by atoms with Crippen molar-refractivity contribution in [2.24, 2.45) is 0 Å². The molecule has 1 aromatic carbocycles. The van der Waals surface area contributed by atoms with Crippen LogP contribution in [0.5, 0.6) is 0 Å². The van der Waals surface area contributed by atoms with Crippen molar-refractivity contribution in [3.05, 3.63) is 58.2 Å². The van der Waals surface area contributed by atoms with Gasteiger partial charge >= 0.3 is 5.97 Å². The molecule has 0 spiro atoms. The number of pyridine rings is 1. The number of carbonyl (C=O) groups excluding carboxylic acids is 1. The van der Waals surface area contributed by atoms with Crippen LogP contribution in [0.4, 0.5) is 5.82 Å². The molecule has 21 heavy (non-hydrogen) atoms. The van der Waals surface area contributed by atoms with E-state index < -0.39 is 0 Å². The third kappa shape index (κ3) is 3.52. The second-order valence-corrected chi connectivity index (χ2v) is 5.12. The number of nitrogens with zero attached hydrogens (tertiary/aromatic N) is 1. The van der Waals surface area contributed by atoms with Gasteiger partial charge in [-0.05, 0) is 37.6 Å². The number of esters is 1. The first-order valence-electron chi connectivity index (χ1n) is 6.60. The number of hydrogen-bond donors (Lipinski definition) is 1. The lowest BCUT2D eigenvalue weighted by atomic mass is 10.1. The van der Waals surface area contributed by atoms with E-state index >= 15 is 0 Å². The standard InChI is InChI=1S/C16H17ClN2O2/c1-10(12-6-4-5-7-14(12)17)18-15-9-8-13(11(2)19-15)16(20)21-3/h4-10H,1-3H3,(H,18,19). The van der Waals surface area contributed by atoms with Crippen LogP contribution in [0.2, 0.25) is 5.02 Å². The average molecular weight is 305 g/mol. The van der Waals surface area contributed by atoms with Crippen LogP contribution >= 0.6 is 11.6 Å². The topological polar surface area (TPSA) is 51.2 Å². The highest BCUT2D eigenvalue weighted by molar-refractivity contribution is 6.31. The van der Waals surface area contributed by atoms with Crippen LogP contribution < -0.4 is 5.32 Å². The van der Waals surface area contributed by atoms with Gasteiger partial charge in [-0.25, -0.2) is 9.78 Å². The number of ether oxygens (including phenoxy) is 1. The number of methoxy groups -OCH3 is 1. The minimum atomic E-state index is -0.384. The molecule has 1 unspecified atom stereocenters. The van der Waals surface area contributed by atoms with E-state index in [1.54, 1.807) is 19.1 Å². The molecule has 0 aliphatic heterocycles. The zero-order valence-corrected chi connectivity index (χ0v) is 12.9. The van der Waals surface area contributed by atoms with E-state index in [-0.39, 0.29) is 12.0 Å². The fraction of sp³-hybridized carbons (Fsp3) is 0.250. The minimum Gasteiger partial charge on any atom is -0.465 e. The number of aryl methyl sites for hydroxylation is 1. The predicted octanol–water partition coefficient (Wildman–Crippen LogP) is 4.00. The average Bonchev–Trinajstić information content (AvgIpc) is 2.47. The summed E-state index contributed by atoms with van der Waals surface area (Å²) in [7, 11) is 1.35. The third-order valence-electron chi connectivity index (χ3n) is 3.23. The minimum absolute atomic E-state index is 0.00887. The molecule has 0 saturated carbocycles.